The fourth-order valence-corrected chi connectivity index (χ4v) is 1.29. The molecule has 0 unspecified atom stereocenters. The van der Waals surface area contributed by atoms with Crippen molar-refractivity contribution in [1.82, 2.24) is 0 Å². The summed E-state index contributed by atoms with van der Waals surface area (Å²) in [5.74, 6) is -0.469. The number of carbonyl (C=O) groups excluding carboxylic acids is 1. The van der Waals surface area contributed by atoms with E-state index in [1.54, 1.807) is 0 Å². The minimum atomic E-state index is -0.562. The number of halogens is 1. The van der Waals surface area contributed by atoms with E-state index in [0.29, 0.717) is 0 Å². The van der Waals surface area contributed by atoms with Gasteiger partial charge >= 0.3 is 0 Å². The molecular formula is C9H9ClN2O3. The highest BCUT2D eigenvalue weighted by Gasteiger charge is 2.18. The van der Waals surface area contributed by atoms with Crippen LogP contribution < -0.4 is 5.73 Å². The molecule has 5 nitrogen and oxygen atoms in total. The van der Waals surface area contributed by atoms with Crippen LogP contribution in [0.15, 0.2) is 18.2 Å². The zero-order valence-electron chi connectivity index (χ0n) is 7.77. The number of rotatable bonds is 4. The standard InChI is InChI=1S/C9H9ClN2O3/c10-5-6(13)4-7-8(11)2-1-3-9(7)12(14)15/h1-3H,4-5,11H2. The number of ketones is 1. The number of Topliss-reactive ketones (excluding diaryl/α,β-unsaturated/α-hetero) is 1. The Morgan fingerprint density at radius 3 is 2.73 bits per heavy atom. The van der Waals surface area contributed by atoms with E-state index in [2.05, 4.69) is 0 Å². The summed E-state index contributed by atoms with van der Waals surface area (Å²) in [5, 5.41) is 10.6. The molecule has 0 aliphatic heterocycles. The zero-order chi connectivity index (χ0) is 11.4. The summed E-state index contributed by atoms with van der Waals surface area (Å²) in [5.41, 5.74) is 5.89. The topological polar surface area (TPSA) is 86.2 Å². The van der Waals surface area contributed by atoms with Crippen molar-refractivity contribution in [3.05, 3.63) is 33.9 Å². The van der Waals surface area contributed by atoms with Gasteiger partial charge in [0.05, 0.1) is 16.4 Å². The summed E-state index contributed by atoms with van der Waals surface area (Å²) in [6, 6.07) is 4.30. The SMILES string of the molecule is Nc1cccc([N+](=O)[O-])c1CC(=O)CCl. The van der Waals surface area contributed by atoms with Crippen LogP contribution in [0.25, 0.3) is 0 Å². The molecular weight excluding hydrogens is 220 g/mol. The van der Waals surface area contributed by atoms with Crippen molar-refractivity contribution < 1.29 is 9.72 Å². The number of nitro benzene ring substituents is 1. The lowest BCUT2D eigenvalue weighted by molar-refractivity contribution is -0.385. The molecule has 6 heteroatoms. The number of alkyl halides is 1. The van der Waals surface area contributed by atoms with Crippen molar-refractivity contribution in [2.75, 3.05) is 11.6 Å². The molecule has 0 aliphatic carbocycles. The summed E-state index contributed by atoms with van der Waals surface area (Å²) in [6.45, 7) is 0. The van der Waals surface area contributed by atoms with Crippen molar-refractivity contribution in [3.63, 3.8) is 0 Å². The second-order valence-electron chi connectivity index (χ2n) is 2.95. The summed E-state index contributed by atoms with van der Waals surface area (Å²) >= 11 is 5.33. The van der Waals surface area contributed by atoms with Crippen molar-refractivity contribution in [2.45, 2.75) is 6.42 Å². The second kappa shape index (κ2) is 4.75. The second-order valence-corrected chi connectivity index (χ2v) is 3.22. The number of carbonyl (C=O) groups is 1. The van der Waals surface area contributed by atoms with Crippen molar-refractivity contribution in [2.24, 2.45) is 0 Å². The highest BCUT2D eigenvalue weighted by molar-refractivity contribution is 6.27. The quantitative estimate of drug-likeness (QED) is 0.366. The van der Waals surface area contributed by atoms with Gasteiger partial charge in [0, 0.05) is 18.2 Å². The van der Waals surface area contributed by atoms with Crippen LogP contribution >= 0.6 is 11.6 Å². The minimum Gasteiger partial charge on any atom is -0.398 e. The monoisotopic (exact) mass is 228 g/mol. The van der Waals surface area contributed by atoms with Gasteiger partial charge in [-0.1, -0.05) is 6.07 Å². The van der Waals surface area contributed by atoms with E-state index in [4.69, 9.17) is 17.3 Å². The largest absolute Gasteiger partial charge is 0.398 e. The molecule has 0 aromatic heterocycles. The number of hydrogen-bond acceptors (Lipinski definition) is 4. The predicted molar refractivity (Wildman–Crippen MR) is 56.9 cm³/mol. The van der Waals surface area contributed by atoms with Crippen LogP contribution in [-0.2, 0) is 11.2 Å². The predicted octanol–water partition coefficient (Wildman–Crippen LogP) is 1.53. The molecule has 2 N–H and O–H groups in total. The molecule has 1 rings (SSSR count). The van der Waals surface area contributed by atoms with Gasteiger partial charge in [0.2, 0.25) is 0 Å². The number of nitrogen functional groups attached to an aromatic ring is 1. The normalized spacial score (nSPS) is 9.93. The van der Waals surface area contributed by atoms with Crippen molar-refractivity contribution in [3.8, 4) is 0 Å². The minimum absolute atomic E-state index is 0.105. The fourth-order valence-electron chi connectivity index (χ4n) is 1.20. The van der Waals surface area contributed by atoms with Gasteiger partial charge in [0.15, 0.2) is 5.78 Å². The number of hydrogen-bond donors (Lipinski definition) is 1. The Hall–Kier alpha value is -1.62. The molecule has 1 aromatic carbocycles. The van der Waals surface area contributed by atoms with Crippen LogP contribution in [0.2, 0.25) is 0 Å². The molecule has 0 amide bonds. The third-order valence-electron chi connectivity index (χ3n) is 1.91. The Morgan fingerprint density at radius 2 is 2.20 bits per heavy atom. The lowest BCUT2D eigenvalue weighted by Gasteiger charge is -2.04. The Bertz CT molecular complexity index is 406. The first kappa shape index (κ1) is 11.5. The van der Waals surface area contributed by atoms with E-state index in [9.17, 15) is 14.9 Å². The van der Waals surface area contributed by atoms with Gasteiger partial charge in [-0.15, -0.1) is 11.6 Å². The Balaban J connectivity index is 3.13. The van der Waals surface area contributed by atoms with Crippen molar-refractivity contribution >= 4 is 28.8 Å². The first-order chi connectivity index (χ1) is 7.06. The fraction of sp³-hybridized carbons (Fsp3) is 0.222. The molecule has 0 fully saturated rings. The first-order valence-corrected chi connectivity index (χ1v) is 4.69. The molecule has 0 bridgehead atoms. The average Bonchev–Trinajstić information content (AvgIpc) is 2.20. The molecule has 0 saturated heterocycles. The Kier molecular flexibility index (Phi) is 3.62. The number of anilines is 1. The van der Waals surface area contributed by atoms with Gasteiger partial charge in [-0.05, 0) is 6.07 Å². The van der Waals surface area contributed by atoms with Crippen LogP contribution in [-0.4, -0.2) is 16.6 Å². The molecule has 0 radical (unpaired) electrons. The van der Waals surface area contributed by atoms with E-state index in [1.807, 2.05) is 0 Å². The third kappa shape index (κ3) is 2.66. The molecule has 0 heterocycles. The Labute approximate surface area is 91.0 Å². The number of nitro groups is 1. The maximum Gasteiger partial charge on any atom is 0.275 e. The zero-order valence-corrected chi connectivity index (χ0v) is 8.53. The van der Waals surface area contributed by atoms with Crippen LogP contribution in [0.3, 0.4) is 0 Å². The average molecular weight is 229 g/mol. The molecule has 0 aliphatic rings. The number of nitrogens with zero attached hydrogens (tertiary/aromatic N) is 1. The first-order valence-electron chi connectivity index (χ1n) is 4.15. The van der Waals surface area contributed by atoms with E-state index in [0.717, 1.165) is 0 Å². The number of nitrogens with two attached hydrogens (primary N) is 1. The van der Waals surface area contributed by atoms with Gasteiger partial charge in [-0.25, -0.2) is 0 Å². The number of benzene rings is 1. The summed E-state index contributed by atoms with van der Waals surface area (Å²) in [6.07, 6.45) is -0.105. The van der Waals surface area contributed by atoms with Crippen LogP contribution in [0.1, 0.15) is 5.56 Å². The van der Waals surface area contributed by atoms with Gasteiger partial charge in [0.1, 0.15) is 0 Å². The lowest BCUT2D eigenvalue weighted by Crippen LogP contribution is -2.08. The summed E-state index contributed by atoms with van der Waals surface area (Å²) in [7, 11) is 0. The third-order valence-corrected chi connectivity index (χ3v) is 2.21. The molecule has 1 aromatic rings. The van der Waals surface area contributed by atoms with Crippen molar-refractivity contribution in [1.29, 1.82) is 0 Å². The lowest BCUT2D eigenvalue weighted by atomic mass is 10.1. The van der Waals surface area contributed by atoms with Crippen LogP contribution in [0.4, 0.5) is 11.4 Å². The van der Waals surface area contributed by atoms with Gasteiger partial charge < -0.3 is 5.73 Å². The van der Waals surface area contributed by atoms with Gasteiger partial charge in [0.25, 0.3) is 5.69 Å². The van der Waals surface area contributed by atoms with E-state index < -0.39 is 4.92 Å². The summed E-state index contributed by atoms with van der Waals surface area (Å²) in [4.78, 5) is 21.2. The maximum atomic E-state index is 11.1. The molecule has 0 spiro atoms. The van der Waals surface area contributed by atoms with E-state index in [1.165, 1.54) is 18.2 Å². The molecule has 0 atom stereocenters. The van der Waals surface area contributed by atoms with Gasteiger partial charge in [-0.3, -0.25) is 14.9 Å². The van der Waals surface area contributed by atoms with E-state index in [-0.39, 0.29) is 35.0 Å². The highest BCUT2D eigenvalue weighted by Crippen LogP contribution is 2.24. The van der Waals surface area contributed by atoms with Crippen LogP contribution in [0.5, 0.6) is 0 Å². The smallest absolute Gasteiger partial charge is 0.275 e. The Morgan fingerprint density at radius 1 is 1.53 bits per heavy atom. The maximum absolute atomic E-state index is 11.1. The molecule has 80 valence electrons. The molecule has 15 heavy (non-hydrogen) atoms. The summed E-state index contributed by atoms with van der Waals surface area (Å²) < 4.78 is 0. The van der Waals surface area contributed by atoms with Gasteiger partial charge in [-0.2, -0.15) is 0 Å². The van der Waals surface area contributed by atoms with E-state index >= 15 is 0 Å². The highest BCUT2D eigenvalue weighted by atomic mass is 35.5. The van der Waals surface area contributed by atoms with Crippen LogP contribution in [0, 0.1) is 10.1 Å². The molecule has 0 saturated carbocycles.